The SMILES string of the molecule is c1ccn2c(SSc3nnc4ccccn34)nnc2c1. The second kappa shape index (κ2) is 4.80. The fourth-order valence-corrected chi connectivity index (χ4v) is 3.72. The average Bonchev–Trinajstić information content (AvgIpc) is 3.09. The van der Waals surface area contributed by atoms with Gasteiger partial charge in [-0.1, -0.05) is 12.1 Å². The van der Waals surface area contributed by atoms with E-state index in [1.54, 1.807) is 0 Å². The predicted molar refractivity (Wildman–Crippen MR) is 77.7 cm³/mol. The summed E-state index contributed by atoms with van der Waals surface area (Å²) in [5, 5.41) is 18.2. The standard InChI is InChI=1S/C12H8N6S2/c1-3-7-17-9(5-1)13-15-11(17)19-20-12-16-14-10-6-2-4-8-18(10)12/h1-8H. The lowest BCUT2D eigenvalue weighted by molar-refractivity contribution is 0.920. The van der Waals surface area contributed by atoms with Crippen LogP contribution in [0.2, 0.25) is 0 Å². The smallest absolute Gasteiger partial charge is 0.206 e. The van der Waals surface area contributed by atoms with Crippen molar-refractivity contribution in [3.63, 3.8) is 0 Å². The van der Waals surface area contributed by atoms with E-state index < -0.39 is 0 Å². The lowest BCUT2D eigenvalue weighted by atomic mass is 10.5. The summed E-state index contributed by atoms with van der Waals surface area (Å²) in [6, 6.07) is 11.6. The Balaban J connectivity index is 1.64. The minimum absolute atomic E-state index is 0.818. The Kier molecular flexibility index (Phi) is 2.82. The molecule has 0 amide bonds. The van der Waals surface area contributed by atoms with E-state index in [0.29, 0.717) is 0 Å². The lowest BCUT2D eigenvalue weighted by Crippen LogP contribution is -1.86. The van der Waals surface area contributed by atoms with E-state index in [2.05, 4.69) is 20.4 Å². The summed E-state index contributed by atoms with van der Waals surface area (Å²) in [5.74, 6) is 0. The molecule has 0 bridgehead atoms. The van der Waals surface area contributed by atoms with E-state index >= 15 is 0 Å². The van der Waals surface area contributed by atoms with Gasteiger partial charge in [0.15, 0.2) is 11.3 Å². The summed E-state index contributed by atoms with van der Waals surface area (Å²) in [5.41, 5.74) is 1.67. The highest BCUT2D eigenvalue weighted by atomic mass is 33.1. The van der Waals surface area contributed by atoms with E-state index in [-0.39, 0.29) is 0 Å². The topological polar surface area (TPSA) is 60.4 Å². The number of pyridine rings is 2. The molecular weight excluding hydrogens is 292 g/mol. The molecule has 0 N–H and O–H groups in total. The van der Waals surface area contributed by atoms with Gasteiger partial charge in [-0.05, 0) is 45.9 Å². The van der Waals surface area contributed by atoms with Gasteiger partial charge in [0, 0.05) is 12.4 Å². The molecule has 0 aliphatic rings. The maximum absolute atomic E-state index is 4.17. The van der Waals surface area contributed by atoms with E-state index in [1.165, 1.54) is 21.6 Å². The number of nitrogens with zero attached hydrogens (tertiary/aromatic N) is 6. The molecule has 0 unspecified atom stereocenters. The number of aromatic nitrogens is 6. The molecule has 0 atom stereocenters. The van der Waals surface area contributed by atoms with Crippen LogP contribution in [0.5, 0.6) is 0 Å². The molecule has 0 radical (unpaired) electrons. The molecule has 4 aromatic heterocycles. The molecule has 0 saturated heterocycles. The lowest BCUT2D eigenvalue weighted by Gasteiger charge is -1.98. The molecule has 8 heteroatoms. The van der Waals surface area contributed by atoms with Crippen LogP contribution in [-0.4, -0.2) is 29.2 Å². The molecule has 4 rings (SSSR count). The molecule has 0 aromatic carbocycles. The third-order valence-electron chi connectivity index (χ3n) is 2.76. The van der Waals surface area contributed by atoms with Gasteiger partial charge in [-0.3, -0.25) is 8.80 Å². The molecular formula is C12H8N6S2. The molecule has 20 heavy (non-hydrogen) atoms. The summed E-state index contributed by atoms with van der Waals surface area (Å²) < 4.78 is 3.89. The first-order valence-corrected chi connectivity index (χ1v) is 8.01. The largest absolute Gasteiger partial charge is 0.277 e. The van der Waals surface area contributed by atoms with Gasteiger partial charge in [0.05, 0.1) is 0 Å². The fraction of sp³-hybridized carbons (Fsp3) is 0. The van der Waals surface area contributed by atoms with Crippen molar-refractivity contribution in [2.75, 3.05) is 0 Å². The van der Waals surface area contributed by atoms with Gasteiger partial charge >= 0.3 is 0 Å². The van der Waals surface area contributed by atoms with E-state index in [1.807, 2.05) is 57.6 Å². The van der Waals surface area contributed by atoms with Crippen LogP contribution in [0.3, 0.4) is 0 Å². The number of rotatable bonds is 3. The normalized spacial score (nSPS) is 11.4. The Morgan fingerprint density at radius 2 is 1.15 bits per heavy atom. The van der Waals surface area contributed by atoms with Crippen LogP contribution >= 0.6 is 21.6 Å². The van der Waals surface area contributed by atoms with Crippen LogP contribution in [0.1, 0.15) is 0 Å². The Labute approximate surface area is 121 Å². The Hall–Kier alpha value is -2.06. The predicted octanol–water partition coefficient (Wildman–Crippen LogP) is 2.57. The Bertz CT molecular complexity index is 810. The first-order chi connectivity index (χ1) is 9.92. The van der Waals surface area contributed by atoms with Crippen LogP contribution in [-0.2, 0) is 0 Å². The molecule has 98 valence electrons. The van der Waals surface area contributed by atoms with Crippen LogP contribution in [0.15, 0.2) is 59.1 Å². The van der Waals surface area contributed by atoms with Gasteiger partial charge in [-0.2, -0.15) is 0 Å². The third-order valence-corrected chi connectivity index (χ3v) is 4.84. The van der Waals surface area contributed by atoms with Crippen molar-refractivity contribution in [3.05, 3.63) is 48.8 Å². The van der Waals surface area contributed by atoms with Crippen molar-refractivity contribution in [1.82, 2.24) is 29.2 Å². The molecule has 0 spiro atoms. The first kappa shape index (κ1) is 11.7. The highest BCUT2D eigenvalue weighted by Crippen LogP contribution is 2.35. The minimum atomic E-state index is 0.818. The molecule has 0 saturated carbocycles. The first-order valence-electron chi connectivity index (χ1n) is 5.86. The summed E-state index contributed by atoms with van der Waals surface area (Å²) in [7, 11) is 3.02. The molecule has 0 aliphatic heterocycles. The van der Waals surface area contributed by atoms with Gasteiger partial charge in [-0.25, -0.2) is 0 Å². The maximum atomic E-state index is 4.17. The number of hydrogen-bond acceptors (Lipinski definition) is 6. The summed E-state index contributed by atoms with van der Waals surface area (Å²) in [6.07, 6.45) is 3.89. The monoisotopic (exact) mass is 300 g/mol. The van der Waals surface area contributed by atoms with Crippen LogP contribution < -0.4 is 0 Å². The minimum Gasteiger partial charge on any atom is -0.277 e. The van der Waals surface area contributed by atoms with Gasteiger partial charge in [0.2, 0.25) is 10.3 Å². The van der Waals surface area contributed by atoms with Gasteiger partial charge < -0.3 is 0 Å². The summed E-state index contributed by atoms with van der Waals surface area (Å²) >= 11 is 0. The van der Waals surface area contributed by atoms with Crippen LogP contribution in [0.25, 0.3) is 11.3 Å². The van der Waals surface area contributed by atoms with Gasteiger partial charge in [0.25, 0.3) is 0 Å². The molecule has 0 fully saturated rings. The summed E-state index contributed by atoms with van der Waals surface area (Å²) in [4.78, 5) is 0. The second-order valence-corrected chi connectivity index (χ2v) is 6.05. The zero-order chi connectivity index (χ0) is 13.4. The molecule has 4 aromatic rings. The van der Waals surface area contributed by atoms with Gasteiger partial charge in [0.1, 0.15) is 0 Å². The van der Waals surface area contributed by atoms with E-state index in [4.69, 9.17) is 0 Å². The van der Waals surface area contributed by atoms with E-state index in [0.717, 1.165) is 21.6 Å². The van der Waals surface area contributed by atoms with E-state index in [9.17, 15) is 0 Å². The van der Waals surface area contributed by atoms with Crippen molar-refractivity contribution >= 4 is 32.9 Å². The Morgan fingerprint density at radius 1 is 0.650 bits per heavy atom. The van der Waals surface area contributed by atoms with Crippen LogP contribution in [0.4, 0.5) is 0 Å². The highest BCUT2D eigenvalue weighted by Gasteiger charge is 2.10. The Morgan fingerprint density at radius 3 is 1.65 bits per heavy atom. The van der Waals surface area contributed by atoms with Crippen molar-refractivity contribution in [1.29, 1.82) is 0 Å². The van der Waals surface area contributed by atoms with Crippen molar-refractivity contribution in [2.45, 2.75) is 10.3 Å². The van der Waals surface area contributed by atoms with Crippen molar-refractivity contribution in [3.8, 4) is 0 Å². The maximum Gasteiger partial charge on any atom is 0.206 e. The highest BCUT2D eigenvalue weighted by molar-refractivity contribution is 8.76. The third kappa shape index (κ3) is 1.93. The molecule has 6 nitrogen and oxygen atoms in total. The zero-order valence-electron chi connectivity index (χ0n) is 10.1. The van der Waals surface area contributed by atoms with Crippen molar-refractivity contribution in [2.24, 2.45) is 0 Å². The van der Waals surface area contributed by atoms with Gasteiger partial charge in [-0.15, -0.1) is 20.4 Å². The number of fused-ring (bicyclic) bond motifs is 2. The molecule has 0 aliphatic carbocycles. The second-order valence-electron chi connectivity index (χ2n) is 3.99. The fourth-order valence-electron chi connectivity index (χ4n) is 1.83. The molecule has 4 heterocycles. The van der Waals surface area contributed by atoms with Crippen molar-refractivity contribution < 1.29 is 0 Å². The zero-order valence-corrected chi connectivity index (χ0v) is 11.8. The van der Waals surface area contributed by atoms with Crippen LogP contribution in [0, 0.1) is 0 Å². The number of hydrogen-bond donors (Lipinski definition) is 0. The quantitative estimate of drug-likeness (QED) is 0.542. The average molecular weight is 300 g/mol. The summed E-state index contributed by atoms with van der Waals surface area (Å²) in [6.45, 7) is 0.